The first-order valence-corrected chi connectivity index (χ1v) is 8.52. The van der Waals surface area contributed by atoms with Crippen LogP contribution in [0, 0.1) is 12.8 Å². The van der Waals surface area contributed by atoms with Gasteiger partial charge in [-0.15, -0.1) is 12.4 Å². The van der Waals surface area contributed by atoms with E-state index in [0.29, 0.717) is 24.7 Å². The molecule has 0 bridgehead atoms. The Balaban J connectivity index is 0.00000225. The highest BCUT2D eigenvalue weighted by atomic mass is 35.5. The smallest absolute Gasteiger partial charge is 0.270 e. The van der Waals surface area contributed by atoms with Crippen molar-refractivity contribution < 1.29 is 4.79 Å². The normalized spacial score (nSPS) is 15.2. The molecule has 0 unspecified atom stereocenters. The molecule has 0 aromatic carbocycles. The number of aromatic nitrogens is 2. The molecule has 136 valence electrons. The number of pyridine rings is 1. The molecule has 1 amide bonds. The van der Waals surface area contributed by atoms with Crippen molar-refractivity contribution in [3.05, 3.63) is 46.0 Å². The molecule has 3 heterocycles. The van der Waals surface area contributed by atoms with Crippen LogP contribution in [0.5, 0.6) is 0 Å². The fraction of sp³-hybridized carbons (Fsp3) is 0.500. The van der Waals surface area contributed by atoms with Crippen molar-refractivity contribution in [2.24, 2.45) is 5.92 Å². The van der Waals surface area contributed by atoms with Crippen LogP contribution in [0.25, 0.3) is 5.65 Å². The first kappa shape index (κ1) is 19.4. The van der Waals surface area contributed by atoms with Crippen LogP contribution in [0.3, 0.4) is 0 Å². The minimum atomic E-state index is -0.286. The first-order chi connectivity index (χ1) is 11.6. The maximum absolute atomic E-state index is 12.7. The fourth-order valence-corrected chi connectivity index (χ4v) is 3.27. The molecule has 2 aromatic rings. The van der Waals surface area contributed by atoms with Crippen molar-refractivity contribution in [1.82, 2.24) is 19.6 Å². The van der Waals surface area contributed by atoms with Gasteiger partial charge in [-0.1, -0.05) is 6.07 Å². The molecule has 0 atom stereocenters. The molecule has 0 spiro atoms. The zero-order valence-corrected chi connectivity index (χ0v) is 15.5. The molecule has 0 saturated carbocycles. The molecule has 1 N–H and O–H groups in total. The Morgan fingerprint density at radius 1 is 1.32 bits per heavy atom. The van der Waals surface area contributed by atoms with Crippen LogP contribution in [0.4, 0.5) is 0 Å². The summed E-state index contributed by atoms with van der Waals surface area (Å²) in [6.45, 7) is 4.34. The van der Waals surface area contributed by atoms with Gasteiger partial charge in [-0.25, -0.2) is 4.98 Å². The third-order valence-electron chi connectivity index (χ3n) is 4.78. The van der Waals surface area contributed by atoms with Gasteiger partial charge >= 0.3 is 0 Å². The number of hydrogen-bond acceptors (Lipinski definition) is 4. The number of halogens is 1. The van der Waals surface area contributed by atoms with Gasteiger partial charge in [0.25, 0.3) is 11.5 Å². The lowest BCUT2D eigenvalue weighted by atomic mass is 9.93. The highest BCUT2D eigenvalue weighted by Crippen LogP contribution is 2.21. The number of nitrogens with one attached hydrogen (secondary N) is 1. The van der Waals surface area contributed by atoms with E-state index < -0.39 is 0 Å². The summed E-state index contributed by atoms with van der Waals surface area (Å²) in [5.74, 6) is 0.454. The second-order valence-electron chi connectivity index (χ2n) is 6.54. The van der Waals surface area contributed by atoms with Crippen molar-refractivity contribution in [2.45, 2.75) is 26.2 Å². The zero-order valence-electron chi connectivity index (χ0n) is 14.7. The van der Waals surface area contributed by atoms with Gasteiger partial charge in [0.15, 0.2) is 0 Å². The van der Waals surface area contributed by atoms with Crippen molar-refractivity contribution in [2.75, 3.05) is 26.7 Å². The Morgan fingerprint density at radius 2 is 2.04 bits per heavy atom. The largest absolute Gasteiger partial charge is 0.338 e. The van der Waals surface area contributed by atoms with Crippen LogP contribution in [-0.2, 0) is 0 Å². The third kappa shape index (κ3) is 4.19. The van der Waals surface area contributed by atoms with E-state index in [-0.39, 0.29) is 29.4 Å². The number of carbonyl (C=O) groups excluding carboxylic acids is 1. The van der Waals surface area contributed by atoms with Gasteiger partial charge in [-0.2, -0.15) is 0 Å². The molecule has 1 aliphatic heterocycles. The molecule has 1 fully saturated rings. The first-order valence-electron chi connectivity index (χ1n) is 8.52. The number of aryl methyl sites for hydroxylation is 1. The molecular weight excluding hydrogens is 340 g/mol. The number of hydrogen-bond donors (Lipinski definition) is 1. The lowest BCUT2D eigenvalue weighted by molar-refractivity contribution is 0.0684. The number of piperidine rings is 1. The minimum absolute atomic E-state index is 0. The van der Waals surface area contributed by atoms with Gasteiger partial charge < -0.3 is 10.2 Å². The lowest BCUT2D eigenvalue weighted by Crippen LogP contribution is -2.41. The third-order valence-corrected chi connectivity index (χ3v) is 4.78. The standard InChI is InChI=1S/C18H24N4O2.ClH/c1-13-3-4-16-20-11-15(18(24)22(16)12-13)17(23)21-9-6-14(7-10-21)5-8-19-2;/h3-4,11-12,14,19H,5-10H2,1-2H3;1H. The summed E-state index contributed by atoms with van der Waals surface area (Å²) >= 11 is 0. The van der Waals surface area contributed by atoms with Gasteiger partial charge in [0.2, 0.25) is 0 Å². The van der Waals surface area contributed by atoms with E-state index in [1.807, 2.05) is 20.0 Å². The average molecular weight is 365 g/mol. The number of amides is 1. The van der Waals surface area contributed by atoms with Gasteiger partial charge in [0, 0.05) is 25.5 Å². The van der Waals surface area contributed by atoms with E-state index in [2.05, 4.69) is 10.3 Å². The molecule has 1 saturated heterocycles. The van der Waals surface area contributed by atoms with E-state index >= 15 is 0 Å². The Hall–Kier alpha value is -1.92. The Bertz CT molecular complexity index is 797. The zero-order chi connectivity index (χ0) is 17.1. The SMILES string of the molecule is CNCCC1CCN(C(=O)c2cnc3ccc(C)cn3c2=O)CC1.Cl. The predicted molar refractivity (Wildman–Crippen MR) is 101 cm³/mol. The summed E-state index contributed by atoms with van der Waals surface area (Å²) in [4.78, 5) is 31.4. The molecule has 1 aliphatic rings. The van der Waals surface area contributed by atoms with Gasteiger partial charge in [0.05, 0.1) is 0 Å². The van der Waals surface area contributed by atoms with E-state index in [1.54, 1.807) is 17.2 Å². The fourth-order valence-electron chi connectivity index (χ4n) is 3.27. The summed E-state index contributed by atoms with van der Waals surface area (Å²) < 4.78 is 1.46. The number of fused-ring (bicyclic) bond motifs is 1. The van der Waals surface area contributed by atoms with Crippen LogP contribution >= 0.6 is 12.4 Å². The summed E-state index contributed by atoms with van der Waals surface area (Å²) in [5, 5.41) is 3.17. The van der Waals surface area contributed by atoms with Crippen LogP contribution in [-0.4, -0.2) is 46.9 Å². The predicted octanol–water partition coefficient (Wildman–Crippen LogP) is 1.89. The van der Waals surface area contributed by atoms with Gasteiger partial charge in [-0.3, -0.25) is 14.0 Å². The number of carbonyl (C=O) groups is 1. The monoisotopic (exact) mass is 364 g/mol. The summed E-state index contributed by atoms with van der Waals surface area (Å²) in [5.41, 5.74) is 1.40. The highest BCUT2D eigenvalue weighted by molar-refractivity contribution is 5.93. The summed E-state index contributed by atoms with van der Waals surface area (Å²) in [6.07, 6.45) is 6.27. The van der Waals surface area contributed by atoms with Crippen molar-refractivity contribution >= 4 is 24.0 Å². The molecule has 2 aromatic heterocycles. The molecule has 3 rings (SSSR count). The Labute approximate surface area is 153 Å². The number of rotatable bonds is 4. The quantitative estimate of drug-likeness (QED) is 0.899. The molecule has 0 aliphatic carbocycles. The van der Waals surface area contributed by atoms with Crippen molar-refractivity contribution in [3.8, 4) is 0 Å². The van der Waals surface area contributed by atoms with E-state index in [0.717, 1.165) is 31.4 Å². The molecule has 0 radical (unpaired) electrons. The highest BCUT2D eigenvalue weighted by Gasteiger charge is 2.25. The van der Waals surface area contributed by atoms with E-state index in [9.17, 15) is 9.59 Å². The van der Waals surface area contributed by atoms with Crippen LogP contribution < -0.4 is 10.9 Å². The molecule has 25 heavy (non-hydrogen) atoms. The maximum atomic E-state index is 12.7. The summed E-state index contributed by atoms with van der Waals surface area (Å²) in [7, 11) is 1.96. The van der Waals surface area contributed by atoms with Crippen LogP contribution in [0.1, 0.15) is 35.2 Å². The van der Waals surface area contributed by atoms with E-state index in [4.69, 9.17) is 0 Å². The number of likely N-dealkylation sites (tertiary alicyclic amines) is 1. The second kappa shape index (κ2) is 8.45. The van der Waals surface area contributed by atoms with Gasteiger partial charge in [-0.05, 0) is 57.3 Å². The average Bonchev–Trinajstić information content (AvgIpc) is 2.61. The summed E-state index contributed by atoms with van der Waals surface area (Å²) in [6, 6.07) is 3.69. The van der Waals surface area contributed by atoms with Crippen LogP contribution in [0.15, 0.2) is 29.3 Å². The molecule has 6 nitrogen and oxygen atoms in total. The maximum Gasteiger partial charge on any atom is 0.270 e. The van der Waals surface area contributed by atoms with Crippen LogP contribution in [0.2, 0.25) is 0 Å². The Kier molecular flexibility index (Phi) is 6.56. The topological polar surface area (TPSA) is 66.7 Å². The number of nitrogens with zero attached hydrogens (tertiary/aromatic N) is 3. The molecular formula is C18H25ClN4O2. The van der Waals surface area contributed by atoms with Gasteiger partial charge in [0.1, 0.15) is 11.2 Å². The van der Waals surface area contributed by atoms with Crippen molar-refractivity contribution in [3.63, 3.8) is 0 Å². The lowest BCUT2D eigenvalue weighted by Gasteiger charge is -2.31. The Morgan fingerprint density at radius 3 is 2.72 bits per heavy atom. The second-order valence-corrected chi connectivity index (χ2v) is 6.54. The van der Waals surface area contributed by atoms with E-state index in [1.165, 1.54) is 10.6 Å². The molecule has 7 heteroatoms. The minimum Gasteiger partial charge on any atom is -0.338 e. The van der Waals surface area contributed by atoms with Crippen molar-refractivity contribution in [1.29, 1.82) is 0 Å².